The number of aromatic hydroxyl groups is 18. The van der Waals surface area contributed by atoms with Gasteiger partial charge in [-0.25, -0.2) is 0 Å². The van der Waals surface area contributed by atoms with Gasteiger partial charge in [-0.1, -0.05) is 0 Å². The van der Waals surface area contributed by atoms with Crippen molar-refractivity contribution in [3.63, 3.8) is 0 Å². The number of phenolic OH excluding ortho intramolecular Hbond substituents is 18. The lowest BCUT2D eigenvalue weighted by atomic mass is 9.70. The van der Waals surface area contributed by atoms with Crippen LogP contribution in [-0.2, 0) is 18.0 Å². The second-order valence-corrected chi connectivity index (χ2v) is 22.1. The Kier molecular flexibility index (Phi) is 11.3. The van der Waals surface area contributed by atoms with Crippen LogP contribution in [0.5, 0.6) is 138 Å². The van der Waals surface area contributed by atoms with Gasteiger partial charge in [-0.05, 0) is 48.5 Å². The molecule has 0 spiro atoms. The standard InChI is InChI=1S/C60H46O28/c61-19-9-22(63)38-35(10-19)85-59(17-5-30(71)49(78)31(72)6-17)57(81)45(38)43-37(86-59)14-25(66)39-44(51(80)53(84-55(39)43)16-3-28(69)48(77)29(70)4-16)40-23(64)12-24(65)41-46-42-36(87-60(58(46)82,88-56(40)41)18-7-32(73)50(79)33(74)8-18)13-21(62)20-11-34(75)52(83-54(20)42)15-1-26(67)47(76)27(68)2-15/h1-10,12-14,34,44-46,51-53,57-58,61-82H,11H2/t34-,44-,45-,46-,51+,52+,53+,57-,58-,59+,60-/m0/s1. The summed E-state index contributed by atoms with van der Waals surface area (Å²) in [7, 11) is 0. The number of rotatable bonds is 5. The molecule has 6 heterocycles. The molecule has 28 heteroatoms. The van der Waals surface area contributed by atoms with Crippen molar-refractivity contribution < 1.29 is 141 Å². The fraction of sp³-hybridized carbons (Fsp3) is 0.200. The first kappa shape index (κ1) is 54.7. The topological polar surface area (TPSA) is 500 Å². The highest BCUT2D eigenvalue weighted by atomic mass is 16.7. The maximum atomic E-state index is 13.2. The summed E-state index contributed by atoms with van der Waals surface area (Å²) in [6.45, 7) is 0. The van der Waals surface area contributed by atoms with Crippen LogP contribution in [0.4, 0.5) is 0 Å². The van der Waals surface area contributed by atoms with Crippen molar-refractivity contribution in [1.82, 2.24) is 0 Å². The number of benzene rings is 8. The van der Waals surface area contributed by atoms with E-state index in [0.717, 1.165) is 78.9 Å². The highest BCUT2D eigenvalue weighted by Crippen LogP contribution is 2.69. The summed E-state index contributed by atoms with van der Waals surface area (Å²) in [4.78, 5) is 0. The highest BCUT2D eigenvalue weighted by Gasteiger charge is 2.64. The molecule has 0 fully saturated rings. The maximum Gasteiger partial charge on any atom is 0.305 e. The Morgan fingerprint density at radius 1 is 0.318 bits per heavy atom. The summed E-state index contributed by atoms with van der Waals surface area (Å²) in [5.74, 6) is -31.1. The Balaban J connectivity index is 1.06. The summed E-state index contributed by atoms with van der Waals surface area (Å²) in [6.07, 6.45) is -12.5. The lowest BCUT2D eigenvalue weighted by molar-refractivity contribution is -0.219. The molecule has 6 aliphatic rings. The summed E-state index contributed by atoms with van der Waals surface area (Å²) < 4.78 is 39.1. The monoisotopic (exact) mass is 1210 g/mol. The van der Waals surface area contributed by atoms with Gasteiger partial charge in [0.1, 0.15) is 87.3 Å². The minimum absolute atomic E-state index is 0.147. The van der Waals surface area contributed by atoms with E-state index in [9.17, 15) is 112 Å². The van der Waals surface area contributed by atoms with Crippen LogP contribution in [0.25, 0.3) is 0 Å². The Morgan fingerprint density at radius 3 is 1.20 bits per heavy atom. The molecule has 0 aliphatic carbocycles. The van der Waals surface area contributed by atoms with Crippen LogP contribution in [0.1, 0.15) is 91.2 Å². The molecule has 0 radical (unpaired) electrons. The van der Waals surface area contributed by atoms with Crippen molar-refractivity contribution in [2.24, 2.45) is 0 Å². The number of hydrogen-bond donors (Lipinski definition) is 22. The third-order valence-electron chi connectivity index (χ3n) is 17.1. The molecule has 14 rings (SSSR count). The fourth-order valence-corrected chi connectivity index (χ4v) is 13.2. The van der Waals surface area contributed by atoms with E-state index in [0.29, 0.717) is 0 Å². The van der Waals surface area contributed by atoms with Crippen molar-refractivity contribution in [2.45, 2.75) is 72.4 Å². The fourth-order valence-electron chi connectivity index (χ4n) is 13.2. The molecule has 22 N–H and O–H groups in total. The molecule has 0 aromatic heterocycles. The average Bonchev–Trinajstić information content (AvgIpc) is 0.693. The molecule has 4 bridgehead atoms. The van der Waals surface area contributed by atoms with Gasteiger partial charge in [-0.2, -0.15) is 0 Å². The SMILES string of the molecule is Oc1cc(O)c2c(c1)O[C@]1(c3cc(O)c(O)c(O)c3)Oc3cc(O)c4c(c3[C@H]2[C@@H]1O)O[C@H](c1cc(O)c(O)c(O)c1)[C@H](O)[C@@H]4c1c(O)cc(O)c2c1O[C@]1(c3cc(O)c(O)c(O)c3)Oc3cc(O)c4c(c3[C@H]2[C@@H]1O)O[C@H](c1cc(O)c(O)c(O)c1)[C@@H](O)C4. The van der Waals surface area contributed by atoms with Crippen LogP contribution in [0.15, 0.2) is 78.9 Å². The first-order chi connectivity index (χ1) is 41.6. The second-order valence-electron chi connectivity index (χ2n) is 22.1. The minimum atomic E-state index is -2.93. The molecule has 0 saturated heterocycles. The van der Waals surface area contributed by atoms with E-state index in [2.05, 4.69) is 0 Å². The van der Waals surface area contributed by atoms with Crippen molar-refractivity contribution >= 4 is 0 Å². The number of fused-ring (bicyclic) bond motifs is 16. The molecule has 88 heavy (non-hydrogen) atoms. The first-order valence-electron chi connectivity index (χ1n) is 26.4. The quantitative estimate of drug-likeness (QED) is 0.107. The average molecular weight is 1220 g/mol. The van der Waals surface area contributed by atoms with Gasteiger partial charge in [0.2, 0.25) is 0 Å². The van der Waals surface area contributed by atoms with Crippen molar-refractivity contribution in [2.75, 3.05) is 0 Å². The van der Waals surface area contributed by atoms with Gasteiger partial charge in [-0.15, -0.1) is 0 Å². The van der Waals surface area contributed by atoms with E-state index in [4.69, 9.17) is 28.4 Å². The summed E-state index contributed by atoms with van der Waals surface area (Å²) in [5, 5.41) is 251. The van der Waals surface area contributed by atoms with Gasteiger partial charge in [0.05, 0.1) is 23.9 Å². The largest absolute Gasteiger partial charge is 0.508 e. The smallest absolute Gasteiger partial charge is 0.305 e. The zero-order chi connectivity index (χ0) is 62.5. The van der Waals surface area contributed by atoms with E-state index in [-0.39, 0.29) is 39.1 Å². The summed E-state index contributed by atoms with van der Waals surface area (Å²) in [5.41, 5.74) is -4.42. The number of hydrogen-bond acceptors (Lipinski definition) is 28. The second kappa shape index (κ2) is 18.2. The minimum Gasteiger partial charge on any atom is -0.508 e. The number of aliphatic hydroxyl groups excluding tert-OH is 4. The van der Waals surface area contributed by atoms with Crippen molar-refractivity contribution in [3.8, 4) is 138 Å². The molecule has 28 nitrogen and oxygen atoms in total. The molecule has 0 saturated carbocycles. The Bertz CT molecular complexity index is 4320. The van der Waals surface area contributed by atoms with Gasteiger partial charge in [-0.3, -0.25) is 0 Å². The molecule has 8 aromatic rings. The van der Waals surface area contributed by atoms with Gasteiger partial charge >= 0.3 is 11.6 Å². The molecule has 8 aromatic carbocycles. The predicted octanol–water partition coefficient (Wildman–Crippen LogP) is 4.31. The molecule has 0 amide bonds. The normalized spacial score (nSPS) is 25.7. The van der Waals surface area contributed by atoms with E-state index < -0.39 is 232 Å². The van der Waals surface area contributed by atoms with E-state index >= 15 is 0 Å². The van der Waals surface area contributed by atoms with Crippen LogP contribution >= 0.6 is 0 Å². The summed E-state index contributed by atoms with van der Waals surface area (Å²) >= 11 is 0. The number of ether oxygens (including phenoxy) is 6. The Labute approximate surface area is 489 Å². The molecular weight excluding hydrogens is 1170 g/mol. The van der Waals surface area contributed by atoms with Gasteiger partial charge < -0.3 is 141 Å². The van der Waals surface area contributed by atoms with Crippen LogP contribution in [-0.4, -0.2) is 137 Å². The molecule has 454 valence electrons. The number of phenols is 18. The molecule has 6 aliphatic heterocycles. The van der Waals surface area contributed by atoms with Gasteiger partial charge in [0, 0.05) is 98.0 Å². The first-order valence-corrected chi connectivity index (χ1v) is 26.4. The summed E-state index contributed by atoms with van der Waals surface area (Å²) in [6, 6.07) is 11.3. The maximum absolute atomic E-state index is 13.2. The van der Waals surface area contributed by atoms with Crippen LogP contribution < -0.4 is 28.4 Å². The molecule has 0 unspecified atom stereocenters. The zero-order valence-electron chi connectivity index (χ0n) is 44.2. The zero-order valence-corrected chi connectivity index (χ0v) is 44.2. The Morgan fingerprint density at radius 2 is 0.693 bits per heavy atom. The third-order valence-corrected chi connectivity index (χ3v) is 17.1. The van der Waals surface area contributed by atoms with E-state index in [1.165, 1.54) is 0 Å². The van der Waals surface area contributed by atoms with Gasteiger partial charge in [0.25, 0.3) is 0 Å². The Hall–Kier alpha value is -11.2. The highest BCUT2D eigenvalue weighted by molar-refractivity contribution is 5.75. The lowest BCUT2D eigenvalue weighted by Crippen LogP contribution is -2.58. The lowest BCUT2D eigenvalue weighted by Gasteiger charge is -2.52. The van der Waals surface area contributed by atoms with E-state index in [1.807, 2.05) is 0 Å². The van der Waals surface area contributed by atoms with Gasteiger partial charge in [0.15, 0.2) is 81.2 Å². The predicted molar refractivity (Wildman–Crippen MR) is 287 cm³/mol. The van der Waals surface area contributed by atoms with E-state index in [1.54, 1.807) is 0 Å². The van der Waals surface area contributed by atoms with Crippen LogP contribution in [0.3, 0.4) is 0 Å². The molecule has 11 atom stereocenters. The van der Waals surface area contributed by atoms with Crippen molar-refractivity contribution in [3.05, 3.63) is 140 Å². The van der Waals surface area contributed by atoms with Crippen molar-refractivity contribution in [1.29, 1.82) is 0 Å². The van der Waals surface area contributed by atoms with Crippen LogP contribution in [0, 0.1) is 0 Å². The molecular formula is C60H46O28. The third kappa shape index (κ3) is 7.27. The van der Waals surface area contributed by atoms with Crippen LogP contribution in [0.2, 0.25) is 0 Å². The number of aliphatic hydroxyl groups is 4.